The Morgan fingerprint density at radius 2 is 2.00 bits per heavy atom. The molecule has 0 heterocycles. The number of para-hydroxylation sites is 1. The number of esters is 1. The van der Waals surface area contributed by atoms with Crippen molar-refractivity contribution in [2.75, 3.05) is 38.2 Å². The zero-order valence-electron chi connectivity index (χ0n) is 12.6. The molecule has 4 heteroatoms. The molecule has 0 aromatic heterocycles. The fraction of sp³-hybridized carbons (Fsp3) is 0.562. The highest BCUT2D eigenvalue weighted by atomic mass is 16.5. The van der Waals surface area contributed by atoms with E-state index >= 15 is 0 Å². The summed E-state index contributed by atoms with van der Waals surface area (Å²) >= 11 is 0. The molecule has 0 fully saturated rings. The molecule has 0 radical (unpaired) electrons. The fourth-order valence-corrected chi connectivity index (χ4v) is 1.82. The minimum absolute atomic E-state index is 0.158. The molecule has 0 saturated carbocycles. The molecule has 0 aliphatic carbocycles. The van der Waals surface area contributed by atoms with E-state index in [2.05, 4.69) is 36.3 Å². The number of rotatable bonds is 10. The van der Waals surface area contributed by atoms with Crippen LogP contribution in [-0.4, -0.2) is 39.3 Å². The maximum atomic E-state index is 11.3. The van der Waals surface area contributed by atoms with E-state index in [1.54, 1.807) is 0 Å². The van der Waals surface area contributed by atoms with Gasteiger partial charge < -0.3 is 15.0 Å². The van der Waals surface area contributed by atoms with Gasteiger partial charge in [0.15, 0.2) is 0 Å². The van der Waals surface area contributed by atoms with Gasteiger partial charge in [-0.3, -0.25) is 4.79 Å². The van der Waals surface area contributed by atoms with Crippen molar-refractivity contribution in [3.05, 3.63) is 30.3 Å². The quantitative estimate of drug-likeness (QED) is 0.527. The van der Waals surface area contributed by atoms with Gasteiger partial charge in [0.1, 0.15) is 0 Å². The molecule has 1 aromatic rings. The zero-order valence-corrected chi connectivity index (χ0v) is 12.6. The van der Waals surface area contributed by atoms with Gasteiger partial charge in [-0.25, -0.2) is 0 Å². The summed E-state index contributed by atoms with van der Waals surface area (Å²) in [6.07, 6.45) is 2.98. The number of ether oxygens (including phenoxy) is 1. The number of nitrogens with one attached hydrogen (secondary N) is 1. The standard InChI is InChI=1S/C16H26N2O2/c1-3-4-13-20-16(19)14-17-11-8-12-18(2)15-9-6-5-7-10-15/h5-7,9-10,17H,3-4,8,11-14H2,1-2H3. The lowest BCUT2D eigenvalue weighted by atomic mass is 10.3. The van der Waals surface area contributed by atoms with Crippen LogP contribution in [0.1, 0.15) is 26.2 Å². The maximum Gasteiger partial charge on any atom is 0.319 e. The van der Waals surface area contributed by atoms with Crippen molar-refractivity contribution in [3.8, 4) is 0 Å². The molecule has 1 N–H and O–H groups in total. The molecular weight excluding hydrogens is 252 g/mol. The van der Waals surface area contributed by atoms with Gasteiger partial charge in [-0.05, 0) is 31.5 Å². The number of nitrogens with zero attached hydrogens (tertiary/aromatic N) is 1. The molecule has 0 amide bonds. The average molecular weight is 278 g/mol. The summed E-state index contributed by atoms with van der Waals surface area (Å²) in [6, 6.07) is 10.3. The van der Waals surface area contributed by atoms with E-state index in [1.807, 2.05) is 18.2 Å². The largest absolute Gasteiger partial charge is 0.465 e. The van der Waals surface area contributed by atoms with Crippen LogP contribution in [0, 0.1) is 0 Å². The van der Waals surface area contributed by atoms with E-state index < -0.39 is 0 Å². The van der Waals surface area contributed by atoms with Crippen LogP contribution in [0.2, 0.25) is 0 Å². The molecule has 112 valence electrons. The van der Waals surface area contributed by atoms with Gasteiger partial charge >= 0.3 is 5.97 Å². The molecule has 4 nitrogen and oxygen atoms in total. The van der Waals surface area contributed by atoms with Crippen molar-refractivity contribution in [3.63, 3.8) is 0 Å². The Morgan fingerprint density at radius 3 is 2.70 bits per heavy atom. The SMILES string of the molecule is CCCCOC(=O)CNCCCN(C)c1ccccc1. The van der Waals surface area contributed by atoms with Crippen molar-refractivity contribution in [2.45, 2.75) is 26.2 Å². The average Bonchev–Trinajstić information content (AvgIpc) is 2.48. The topological polar surface area (TPSA) is 41.6 Å². The predicted molar refractivity (Wildman–Crippen MR) is 83.1 cm³/mol. The summed E-state index contributed by atoms with van der Waals surface area (Å²) in [6.45, 7) is 4.70. The molecule has 0 saturated heterocycles. The van der Waals surface area contributed by atoms with Crippen LogP contribution in [0.25, 0.3) is 0 Å². The van der Waals surface area contributed by atoms with Crippen molar-refractivity contribution in [1.29, 1.82) is 0 Å². The zero-order chi connectivity index (χ0) is 14.6. The lowest BCUT2D eigenvalue weighted by molar-refractivity contribution is -0.142. The van der Waals surface area contributed by atoms with E-state index in [9.17, 15) is 4.79 Å². The number of hydrogen-bond acceptors (Lipinski definition) is 4. The highest BCUT2D eigenvalue weighted by Gasteiger charge is 2.02. The van der Waals surface area contributed by atoms with E-state index in [4.69, 9.17) is 4.74 Å². The van der Waals surface area contributed by atoms with Gasteiger partial charge in [0.25, 0.3) is 0 Å². The van der Waals surface area contributed by atoms with Crippen molar-refractivity contribution >= 4 is 11.7 Å². The molecule has 1 rings (SSSR count). The van der Waals surface area contributed by atoms with Crippen LogP contribution in [-0.2, 0) is 9.53 Å². The van der Waals surface area contributed by atoms with Gasteiger partial charge in [0.05, 0.1) is 13.2 Å². The summed E-state index contributed by atoms with van der Waals surface area (Å²) < 4.78 is 5.07. The first-order valence-corrected chi connectivity index (χ1v) is 7.36. The monoisotopic (exact) mass is 278 g/mol. The lowest BCUT2D eigenvalue weighted by Gasteiger charge is -2.19. The van der Waals surface area contributed by atoms with Crippen LogP contribution in [0.5, 0.6) is 0 Å². The third kappa shape index (κ3) is 7.14. The molecule has 0 aliphatic heterocycles. The number of benzene rings is 1. The Kier molecular flexibility index (Phi) is 8.47. The van der Waals surface area contributed by atoms with E-state index in [-0.39, 0.29) is 5.97 Å². The maximum absolute atomic E-state index is 11.3. The van der Waals surface area contributed by atoms with Gasteiger partial charge in [0, 0.05) is 19.3 Å². The molecule has 0 bridgehead atoms. The molecule has 0 aliphatic rings. The predicted octanol–water partition coefficient (Wildman–Crippen LogP) is 2.45. The van der Waals surface area contributed by atoms with Crippen molar-refractivity contribution in [1.82, 2.24) is 5.32 Å². The van der Waals surface area contributed by atoms with Gasteiger partial charge in [-0.15, -0.1) is 0 Å². The van der Waals surface area contributed by atoms with Crippen LogP contribution in [0.15, 0.2) is 30.3 Å². The van der Waals surface area contributed by atoms with Crippen LogP contribution in [0.3, 0.4) is 0 Å². The van der Waals surface area contributed by atoms with Crippen LogP contribution in [0.4, 0.5) is 5.69 Å². The lowest BCUT2D eigenvalue weighted by Crippen LogP contribution is -2.28. The van der Waals surface area contributed by atoms with Crippen molar-refractivity contribution < 1.29 is 9.53 Å². The van der Waals surface area contributed by atoms with Gasteiger partial charge in [-0.2, -0.15) is 0 Å². The number of carbonyl (C=O) groups excluding carboxylic acids is 1. The highest BCUT2D eigenvalue weighted by molar-refractivity contribution is 5.71. The summed E-state index contributed by atoms with van der Waals surface area (Å²) in [5.41, 5.74) is 1.21. The summed E-state index contributed by atoms with van der Waals surface area (Å²) in [7, 11) is 2.08. The number of unbranched alkanes of at least 4 members (excludes halogenated alkanes) is 1. The smallest absolute Gasteiger partial charge is 0.319 e. The number of carbonyl (C=O) groups is 1. The summed E-state index contributed by atoms with van der Waals surface area (Å²) in [4.78, 5) is 13.6. The minimum atomic E-state index is -0.158. The normalized spacial score (nSPS) is 10.3. The number of anilines is 1. The first-order valence-electron chi connectivity index (χ1n) is 7.36. The Morgan fingerprint density at radius 1 is 1.25 bits per heavy atom. The third-order valence-electron chi connectivity index (χ3n) is 3.07. The second kappa shape index (κ2) is 10.3. The van der Waals surface area contributed by atoms with Gasteiger partial charge in [0.2, 0.25) is 0 Å². The van der Waals surface area contributed by atoms with E-state index in [0.29, 0.717) is 13.2 Å². The van der Waals surface area contributed by atoms with Crippen LogP contribution >= 0.6 is 0 Å². The van der Waals surface area contributed by atoms with E-state index in [0.717, 1.165) is 32.4 Å². The summed E-state index contributed by atoms with van der Waals surface area (Å²) in [5, 5.41) is 3.12. The second-order valence-corrected chi connectivity index (χ2v) is 4.86. The van der Waals surface area contributed by atoms with E-state index in [1.165, 1.54) is 5.69 Å². The third-order valence-corrected chi connectivity index (χ3v) is 3.07. The Bertz CT molecular complexity index is 368. The first kappa shape index (κ1) is 16.5. The molecule has 20 heavy (non-hydrogen) atoms. The Balaban J connectivity index is 2.03. The van der Waals surface area contributed by atoms with Crippen LogP contribution < -0.4 is 10.2 Å². The Hall–Kier alpha value is -1.55. The van der Waals surface area contributed by atoms with Gasteiger partial charge in [-0.1, -0.05) is 31.5 Å². The Labute approximate surface area is 122 Å². The minimum Gasteiger partial charge on any atom is -0.465 e. The molecule has 1 aromatic carbocycles. The summed E-state index contributed by atoms with van der Waals surface area (Å²) in [5.74, 6) is -0.158. The van der Waals surface area contributed by atoms with Crippen molar-refractivity contribution in [2.24, 2.45) is 0 Å². The second-order valence-electron chi connectivity index (χ2n) is 4.86. The first-order chi connectivity index (χ1) is 9.74. The number of hydrogen-bond donors (Lipinski definition) is 1. The molecule has 0 spiro atoms. The molecule has 0 unspecified atom stereocenters. The molecular formula is C16H26N2O2. The fourth-order valence-electron chi connectivity index (χ4n) is 1.82. The highest BCUT2D eigenvalue weighted by Crippen LogP contribution is 2.10. The molecule has 0 atom stereocenters.